The number of hydrogen-bond donors (Lipinski definition) is 1. The van der Waals surface area contributed by atoms with Gasteiger partial charge in [-0.25, -0.2) is 8.42 Å². The Hall–Kier alpha value is -3.51. The third-order valence-electron chi connectivity index (χ3n) is 5.06. The van der Waals surface area contributed by atoms with Crippen LogP contribution in [-0.4, -0.2) is 8.42 Å². The Balaban J connectivity index is 1.55. The van der Waals surface area contributed by atoms with Crippen LogP contribution in [0.1, 0.15) is 22.8 Å². The van der Waals surface area contributed by atoms with Crippen LogP contribution in [0.25, 0.3) is 11.1 Å². The zero-order chi connectivity index (χ0) is 20.6. The van der Waals surface area contributed by atoms with Crippen molar-refractivity contribution in [1.82, 2.24) is 0 Å². The van der Waals surface area contributed by atoms with E-state index in [0.29, 0.717) is 5.56 Å². The molecule has 0 saturated heterocycles. The second-order valence-corrected chi connectivity index (χ2v) is 8.89. The largest absolute Gasteiger partial charge is 0.480 e. The van der Waals surface area contributed by atoms with E-state index in [1.807, 2.05) is 72.8 Å². The zero-order valence-electron chi connectivity index (χ0n) is 16.0. The second kappa shape index (κ2) is 7.39. The predicted octanol–water partition coefficient (Wildman–Crippen LogP) is 5.37. The van der Waals surface area contributed by atoms with Crippen molar-refractivity contribution in [1.29, 1.82) is 0 Å². The Kier molecular flexibility index (Phi) is 4.56. The molecule has 1 aliphatic rings. The first kappa shape index (κ1) is 18.5. The molecule has 2 heterocycles. The Labute approximate surface area is 175 Å². The maximum atomic E-state index is 12.6. The Morgan fingerprint density at radius 1 is 0.833 bits per heavy atom. The summed E-state index contributed by atoms with van der Waals surface area (Å²) in [5.74, 6) is 0.857. The predicted molar refractivity (Wildman–Crippen MR) is 116 cm³/mol. The number of hydrogen-bond acceptors (Lipinski definition) is 4. The van der Waals surface area contributed by atoms with E-state index in [2.05, 4.69) is 4.72 Å². The summed E-state index contributed by atoms with van der Waals surface area (Å²) in [4.78, 5) is 0. The number of fused-ring (bicyclic) bond motifs is 3. The molecule has 3 aromatic carbocycles. The topological polar surface area (TPSA) is 68.5 Å². The van der Waals surface area contributed by atoms with Crippen molar-refractivity contribution in [3.63, 3.8) is 0 Å². The minimum absolute atomic E-state index is 0.163. The van der Waals surface area contributed by atoms with Gasteiger partial charge in [-0.15, -0.1) is 0 Å². The van der Waals surface area contributed by atoms with E-state index in [0.717, 1.165) is 28.0 Å². The number of nitrogens with one attached hydrogen (secondary N) is 1. The van der Waals surface area contributed by atoms with Gasteiger partial charge >= 0.3 is 0 Å². The molecular weight excluding hydrogens is 398 g/mol. The number of rotatable bonds is 5. The lowest BCUT2D eigenvalue weighted by Gasteiger charge is -2.29. The molecule has 1 aliphatic heterocycles. The van der Waals surface area contributed by atoms with Crippen molar-refractivity contribution in [3.8, 4) is 16.9 Å². The second-order valence-electron chi connectivity index (χ2n) is 7.16. The van der Waals surface area contributed by atoms with E-state index in [9.17, 15) is 8.42 Å². The average Bonchev–Trinajstić information content (AvgIpc) is 3.25. The molecule has 0 bridgehead atoms. The van der Waals surface area contributed by atoms with Gasteiger partial charge in [-0.1, -0.05) is 66.7 Å². The number of benzene rings is 3. The van der Waals surface area contributed by atoms with Gasteiger partial charge in [0.2, 0.25) is 15.9 Å². The number of anilines is 1. The minimum atomic E-state index is -3.61. The molecule has 5 nitrogen and oxygen atoms in total. The van der Waals surface area contributed by atoms with Gasteiger partial charge in [0.25, 0.3) is 0 Å². The van der Waals surface area contributed by atoms with E-state index in [4.69, 9.17) is 9.15 Å². The average molecular weight is 417 g/mol. The van der Waals surface area contributed by atoms with E-state index >= 15 is 0 Å². The zero-order valence-corrected chi connectivity index (χ0v) is 16.8. The fraction of sp³-hybridized carbons (Fsp3) is 0.0833. The van der Waals surface area contributed by atoms with Crippen LogP contribution in [0.2, 0.25) is 0 Å². The Bertz CT molecular complexity index is 1280. The lowest BCUT2D eigenvalue weighted by atomic mass is 9.88. The molecule has 30 heavy (non-hydrogen) atoms. The maximum Gasteiger partial charge on any atom is 0.239 e. The van der Waals surface area contributed by atoms with Crippen LogP contribution in [0.3, 0.4) is 0 Å². The summed E-state index contributed by atoms with van der Waals surface area (Å²) < 4.78 is 39.1. The normalized spacial score (nSPS) is 15.0. The summed E-state index contributed by atoms with van der Waals surface area (Å²) in [6, 6.07) is 26.8. The molecule has 150 valence electrons. The van der Waals surface area contributed by atoms with Crippen LogP contribution in [0, 0.1) is 0 Å². The van der Waals surface area contributed by atoms with Gasteiger partial charge in [-0.3, -0.25) is 4.72 Å². The standard InChI is InChI=1S/C24H19NO4S/c26-30(27,25-23-11-6-14-28-23)16-17-12-13-19-20-9-4-5-10-22(20)29-24(21(19)15-17)18-7-2-1-3-8-18/h1-15,24-25H,16H2. The molecule has 1 unspecified atom stereocenters. The quantitative estimate of drug-likeness (QED) is 0.474. The summed E-state index contributed by atoms with van der Waals surface area (Å²) in [7, 11) is -3.61. The Morgan fingerprint density at radius 2 is 1.63 bits per heavy atom. The number of para-hydroxylation sites is 1. The first-order chi connectivity index (χ1) is 14.6. The molecule has 0 aliphatic carbocycles. The molecule has 1 N–H and O–H groups in total. The van der Waals surface area contributed by atoms with Crippen LogP contribution < -0.4 is 9.46 Å². The molecule has 0 fully saturated rings. The monoisotopic (exact) mass is 417 g/mol. The maximum absolute atomic E-state index is 12.6. The minimum Gasteiger partial charge on any atom is -0.480 e. The summed E-state index contributed by atoms with van der Waals surface area (Å²) in [5.41, 5.74) is 4.69. The molecular formula is C24H19NO4S. The molecule has 1 aromatic heterocycles. The van der Waals surface area contributed by atoms with Gasteiger partial charge in [-0.2, -0.15) is 0 Å². The highest BCUT2D eigenvalue weighted by molar-refractivity contribution is 7.91. The van der Waals surface area contributed by atoms with Crippen molar-refractivity contribution in [2.75, 3.05) is 4.72 Å². The molecule has 5 rings (SSSR count). The summed E-state index contributed by atoms with van der Waals surface area (Å²) in [6.07, 6.45) is 1.12. The lowest BCUT2D eigenvalue weighted by Crippen LogP contribution is -2.17. The first-order valence-corrected chi connectivity index (χ1v) is 11.2. The summed E-state index contributed by atoms with van der Waals surface area (Å²) in [5, 5.41) is 0. The van der Waals surface area contributed by atoms with Crippen LogP contribution in [0.15, 0.2) is 95.6 Å². The summed E-state index contributed by atoms with van der Waals surface area (Å²) in [6.45, 7) is 0. The van der Waals surface area contributed by atoms with Crippen LogP contribution >= 0.6 is 0 Å². The highest BCUT2D eigenvalue weighted by Crippen LogP contribution is 2.44. The van der Waals surface area contributed by atoms with Crippen molar-refractivity contribution in [2.45, 2.75) is 11.9 Å². The molecule has 1 atom stereocenters. The van der Waals surface area contributed by atoms with Gasteiger partial charge < -0.3 is 9.15 Å². The fourth-order valence-corrected chi connectivity index (χ4v) is 4.88. The third-order valence-corrected chi connectivity index (χ3v) is 6.28. The molecule has 0 saturated carbocycles. The fourth-order valence-electron chi connectivity index (χ4n) is 3.77. The highest BCUT2D eigenvalue weighted by Gasteiger charge is 2.28. The molecule has 0 amide bonds. The van der Waals surface area contributed by atoms with Crippen LogP contribution in [0.4, 0.5) is 5.88 Å². The SMILES string of the molecule is O=S(=O)(Cc1ccc2c(c1)C(c1ccccc1)Oc1ccccc1-2)Nc1ccco1. The number of ether oxygens (including phenoxy) is 1. The summed E-state index contributed by atoms with van der Waals surface area (Å²) >= 11 is 0. The van der Waals surface area contributed by atoms with Crippen molar-refractivity contribution >= 4 is 15.9 Å². The number of sulfonamides is 1. The van der Waals surface area contributed by atoms with E-state index < -0.39 is 10.0 Å². The lowest BCUT2D eigenvalue weighted by molar-refractivity contribution is 0.243. The van der Waals surface area contributed by atoms with E-state index in [-0.39, 0.29) is 17.7 Å². The van der Waals surface area contributed by atoms with Crippen molar-refractivity contribution in [3.05, 3.63) is 108 Å². The van der Waals surface area contributed by atoms with E-state index in [1.54, 1.807) is 12.1 Å². The van der Waals surface area contributed by atoms with Gasteiger partial charge in [-0.05, 0) is 28.8 Å². The molecule has 6 heteroatoms. The van der Waals surface area contributed by atoms with Crippen LogP contribution in [-0.2, 0) is 15.8 Å². The third kappa shape index (κ3) is 3.57. The Morgan fingerprint density at radius 3 is 2.43 bits per heavy atom. The van der Waals surface area contributed by atoms with Gasteiger partial charge in [0, 0.05) is 17.2 Å². The molecule has 0 spiro atoms. The molecule has 4 aromatic rings. The van der Waals surface area contributed by atoms with Gasteiger partial charge in [0.15, 0.2) is 0 Å². The highest BCUT2D eigenvalue weighted by atomic mass is 32.2. The molecule has 0 radical (unpaired) electrons. The van der Waals surface area contributed by atoms with Crippen LogP contribution in [0.5, 0.6) is 5.75 Å². The van der Waals surface area contributed by atoms with Gasteiger partial charge in [0.05, 0.1) is 12.0 Å². The number of furan rings is 1. The van der Waals surface area contributed by atoms with Crippen molar-refractivity contribution in [2.24, 2.45) is 0 Å². The van der Waals surface area contributed by atoms with Crippen molar-refractivity contribution < 1.29 is 17.6 Å². The smallest absolute Gasteiger partial charge is 0.239 e. The van der Waals surface area contributed by atoms with E-state index in [1.165, 1.54) is 6.26 Å². The van der Waals surface area contributed by atoms with Gasteiger partial charge in [0.1, 0.15) is 11.9 Å². The first-order valence-electron chi connectivity index (χ1n) is 9.57.